The number of amides is 1. The second-order valence-electron chi connectivity index (χ2n) is 5.47. The van der Waals surface area contributed by atoms with Gasteiger partial charge in [0.05, 0.1) is 0 Å². The minimum absolute atomic E-state index is 0.0349. The zero-order valence-corrected chi connectivity index (χ0v) is 12.5. The normalized spacial score (nSPS) is 15.6. The lowest BCUT2D eigenvalue weighted by Crippen LogP contribution is -2.34. The molecule has 21 heavy (non-hydrogen) atoms. The van der Waals surface area contributed by atoms with Crippen molar-refractivity contribution >= 4 is 11.6 Å². The van der Waals surface area contributed by atoms with Gasteiger partial charge in [-0.2, -0.15) is 0 Å². The molecule has 1 fully saturated rings. The number of hydrogen-bond donors (Lipinski definition) is 2. The molecule has 0 spiro atoms. The van der Waals surface area contributed by atoms with Gasteiger partial charge in [-0.3, -0.25) is 4.79 Å². The molecule has 0 unspecified atom stereocenters. The maximum atomic E-state index is 11.7. The van der Waals surface area contributed by atoms with Crippen molar-refractivity contribution in [2.75, 3.05) is 38.5 Å². The van der Waals surface area contributed by atoms with E-state index in [2.05, 4.69) is 10.2 Å². The molecule has 0 saturated carbocycles. The number of carbonyl (C=O) groups is 1. The number of carbonyl (C=O) groups excluding carboxylic acids is 1. The fourth-order valence-corrected chi connectivity index (χ4v) is 2.52. The predicted molar refractivity (Wildman–Crippen MR) is 84.3 cm³/mol. The largest absolute Gasteiger partial charge is 0.484 e. The molecule has 1 aliphatic heterocycles. The maximum absolute atomic E-state index is 11.7. The van der Waals surface area contributed by atoms with Gasteiger partial charge in [0.2, 0.25) is 0 Å². The lowest BCUT2D eigenvalue weighted by molar-refractivity contribution is -0.123. The van der Waals surface area contributed by atoms with Gasteiger partial charge in [0, 0.05) is 18.3 Å². The number of nitrogen functional groups attached to an aromatic ring is 1. The summed E-state index contributed by atoms with van der Waals surface area (Å²) in [5, 5.41) is 2.89. The molecular formula is C16H25N3O2. The molecule has 0 aromatic heterocycles. The number of hydrogen-bond acceptors (Lipinski definition) is 4. The van der Waals surface area contributed by atoms with Crippen LogP contribution in [0.15, 0.2) is 24.3 Å². The van der Waals surface area contributed by atoms with Crippen LogP contribution in [-0.4, -0.2) is 43.6 Å². The van der Waals surface area contributed by atoms with Gasteiger partial charge in [0.1, 0.15) is 5.75 Å². The van der Waals surface area contributed by atoms with Crippen LogP contribution in [0.3, 0.4) is 0 Å². The minimum Gasteiger partial charge on any atom is -0.484 e. The van der Waals surface area contributed by atoms with E-state index >= 15 is 0 Å². The van der Waals surface area contributed by atoms with Crippen LogP contribution in [0.4, 0.5) is 5.69 Å². The summed E-state index contributed by atoms with van der Waals surface area (Å²) in [7, 11) is 0. The van der Waals surface area contributed by atoms with E-state index in [0.29, 0.717) is 18.0 Å². The van der Waals surface area contributed by atoms with Crippen molar-refractivity contribution in [3.63, 3.8) is 0 Å². The minimum atomic E-state index is -0.0870. The van der Waals surface area contributed by atoms with Gasteiger partial charge >= 0.3 is 0 Å². The van der Waals surface area contributed by atoms with Crippen LogP contribution in [0.1, 0.15) is 25.7 Å². The molecule has 2 rings (SSSR count). The molecule has 0 bridgehead atoms. The number of anilines is 1. The van der Waals surface area contributed by atoms with Crippen LogP contribution in [0.2, 0.25) is 0 Å². The summed E-state index contributed by atoms with van der Waals surface area (Å²) in [5.74, 6) is 0.537. The summed E-state index contributed by atoms with van der Waals surface area (Å²) >= 11 is 0. The first-order valence-corrected chi connectivity index (χ1v) is 7.71. The molecule has 116 valence electrons. The van der Waals surface area contributed by atoms with Gasteiger partial charge in [-0.25, -0.2) is 0 Å². The highest BCUT2D eigenvalue weighted by Crippen LogP contribution is 2.14. The number of piperidine rings is 1. The Hall–Kier alpha value is -1.75. The van der Waals surface area contributed by atoms with Gasteiger partial charge in [0.15, 0.2) is 6.61 Å². The maximum Gasteiger partial charge on any atom is 0.257 e. The van der Waals surface area contributed by atoms with Crippen molar-refractivity contribution < 1.29 is 9.53 Å². The summed E-state index contributed by atoms with van der Waals surface area (Å²) in [6.07, 6.45) is 4.96. The number of likely N-dealkylation sites (tertiary alicyclic amines) is 1. The lowest BCUT2D eigenvalue weighted by atomic mass is 10.1. The van der Waals surface area contributed by atoms with E-state index < -0.39 is 0 Å². The number of nitrogens with two attached hydrogens (primary N) is 1. The van der Waals surface area contributed by atoms with Crippen molar-refractivity contribution in [3.8, 4) is 5.75 Å². The van der Waals surface area contributed by atoms with E-state index in [1.165, 1.54) is 32.4 Å². The summed E-state index contributed by atoms with van der Waals surface area (Å²) < 4.78 is 5.39. The van der Waals surface area contributed by atoms with Gasteiger partial charge in [0.25, 0.3) is 5.91 Å². The Morgan fingerprint density at radius 1 is 1.29 bits per heavy atom. The second kappa shape index (κ2) is 8.52. The second-order valence-corrected chi connectivity index (χ2v) is 5.47. The molecule has 1 heterocycles. The van der Waals surface area contributed by atoms with Gasteiger partial charge in [-0.05, 0) is 51.0 Å². The van der Waals surface area contributed by atoms with E-state index in [-0.39, 0.29) is 12.5 Å². The summed E-state index contributed by atoms with van der Waals surface area (Å²) in [5.41, 5.74) is 6.28. The van der Waals surface area contributed by atoms with E-state index in [4.69, 9.17) is 10.5 Å². The first-order chi connectivity index (χ1) is 10.2. The van der Waals surface area contributed by atoms with E-state index in [1.54, 1.807) is 24.3 Å². The quantitative estimate of drug-likeness (QED) is 0.592. The number of benzene rings is 1. The van der Waals surface area contributed by atoms with Crippen molar-refractivity contribution in [1.29, 1.82) is 0 Å². The molecule has 1 aromatic rings. The van der Waals surface area contributed by atoms with E-state index in [0.717, 1.165) is 13.0 Å². The third kappa shape index (κ3) is 6.04. The monoisotopic (exact) mass is 291 g/mol. The van der Waals surface area contributed by atoms with Gasteiger partial charge in [-0.15, -0.1) is 0 Å². The van der Waals surface area contributed by atoms with Crippen LogP contribution < -0.4 is 15.8 Å². The molecular weight excluding hydrogens is 266 g/mol. The molecule has 1 aromatic carbocycles. The van der Waals surface area contributed by atoms with Crippen LogP contribution in [0.5, 0.6) is 5.75 Å². The first kappa shape index (κ1) is 15.6. The Labute approximate surface area is 126 Å². The highest BCUT2D eigenvalue weighted by Gasteiger charge is 2.09. The summed E-state index contributed by atoms with van der Waals surface area (Å²) in [4.78, 5) is 14.1. The summed E-state index contributed by atoms with van der Waals surface area (Å²) in [6.45, 7) is 4.21. The van der Waals surface area contributed by atoms with Gasteiger partial charge < -0.3 is 20.7 Å². The standard InChI is InChI=1S/C16H25N3O2/c17-14-6-4-7-15(12-14)21-13-16(20)18-8-5-11-19-9-2-1-3-10-19/h4,6-7,12H,1-3,5,8-11,13,17H2,(H,18,20). The third-order valence-electron chi connectivity index (χ3n) is 3.65. The number of ether oxygens (including phenoxy) is 1. The van der Waals surface area contributed by atoms with Crippen LogP contribution in [0.25, 0.3) is 0 Å². The Bertz CT molecular complexity index is 445. The van der Waals surface area contributed by atoms with E-state index in [1.807, 2.05) is 0 Å². The molecule has 0 atom stereocenters. The van der Waals surface area contributed by atoms with Crippen molar-refractivity contribution in [2.24, 2.45) is 0 Å². The molecule has 3 N–H and O–H groups in total. The molecule has 1 aliphatic rings. The highest BCUT2D eigenvalue weighted by atomic mass is 16.5. The number of nitrogens with zero attached hydrogens (tertiary/aromatic N) is 1. The van der Waals surface area contributed by atoms with Gasteiger partial charge in [-0.1, -0.05) is 12.5 Å². The lowest BCUT2D eigenvalue weighted by Gasteiger charge is -2.26. The number of nitrogens with one attached hydrogen (secondary N) is 1. The van der Waals surface area contributed by atoms with E-state index in [9.17, 15) is 4.79 Å². The average molecular weight is 291 g/mol. The molecule has 0 radical (unpaired) electrons. The fourth-order valence-electron chi connectivity index (χ4n) is 2.52. The SMILES string of the molecule is Nc1cccc(OCC(=O)NCCCN2CCCCC2)c1. The van der Waals surface area contributed by atoms with Crippen LogP contribution in [-0.2, 0) is 4.79 Å². The smallest absolute Gasteiger partial charge is 0.257 e. The molecule has 5 heteroatoms. The number of rotatable bonds is 7. The predicted octanol–water partition coefficient (Wildman–Crippen LogP) is 1.64. The Kier molecular flexibility index (Phi) is 6.34. The van der Waals surface area contributed by atoms with Crippen molar-refractivity contribution in [2.45, 2.75) is 25.7 Å². The van der Waals surface area contributed by atoms with Crippen molar-refractivity contribution in [1.82, 2.24) is 10.2 Å². The summed E-state index contributed by atoms with van der Waals surface area (Å²) in [6, 6.07) is 7.10. The zero-order valence-electron chi connectivity index (χ0n) is 12.5. The molecule has 5 nitrogen and oxygen atoms in total. The topological polar surface area (TPSA) is 67.6 Å². The third-order valence-corrected chi connectivity index (χ3v) is 3.65. The Balaban J connectivity index is 1.55. The van der Waals surface area contributed by atoms with Crippen LogP contribution >= 0.6 is 0 Å². The van der Waals surface area contributed by atoms with Crippen LogP contribution in [0, 0.1) is 0 Å². The average Bonchev–Trinajstić information content (AvgIpc) is 2.51. The Morgan fingerprint density at radius 3 is 2.86 bits per heavy atom. The molecule has 0 aliphatic carbocycles. The van der Waals surface area contributed by atoms with Crippen molar-refractivity contribution in [3.05, 3.63) is 24.3 Å². The molecule has 1 saturated heterocycles. The zero-order chi connectivity index (χ0) is 14.9. The fraction of sp³-hybridized carbons (Fsp3) is 0.562. The Morgan fingerprint density at radius 2 is 2.10 bits per heavy atom. The first-order valence-electron chi connectivity index (χ1n) is 7.71. The molecule has 1 amide bonds. The highest BCUT2D eigenvalue weighted by molar-refractivity contribution is 5.77.